The number of carbonyl (C=O) groups excluding carboxylic acids is 13. The molecule has 8 aromatic rings. The van der Waals surface area contributed by atoms with E-state index >= 15 is 0 Å². The molecule has 7 aliphatic heterocycles. The molecule has 6 amide bonds. The molecule has 0 saturated carbocycles. The standard InChI is InChI=1S/C63H65N3O20S.C28H17NO9/c1-34-53(85-61(77-4)58(73)57(34)72)31-80-32-55(70)64-21-23-79-25-24-78-22-9-14-50(69)49(65-62(76)81-30-45-42-12-7-5-10-40(42)41-11-6-8-13-43(41)45)33-87-54-29-56(71)66(59(54)74)37-15-18-46-44(26-37)60(75)86-63(46)47-19-16-38(82-35(2)67)27-51(47)84-52-28-39(83-36(3)68)17-20-48(52)63;1-14(30)35-17-4-7-21-23(12-17)37-24-13-18(36-15(2)31)5-8-22(24)28(21)20-6-3-16(11-19(20)27(34)38-28)29-25(32)9-10-26(29)33/h5-8,10-13,15-20,26-28,34,45,49,53-54,57-58,61,72-73H,9,14,21-25,29-33H2,1-4H3,(H,64,70)(H,65,76);3-13H,1-2H3/t34-,49?,53?,54?,57+,58?,61-;/m1./s1. The minimum atomic E-state index is -1.64. The Morgan fingerprint density at radius 3 is 1.48 bits per heavy atom. The first-order valence-corrected chi connectivity index (χ1v) is 40.8. The van der Waals surface area contributed by atoms with E-state index in [2.05, 4.69) is 10.6 Å². The summed E-state index contributed by atoms with van der Waals surface area (Å²) in [4.78, 5) is 169. The van der Waals surface area contributed by atoms with Gasteiger partial charge in [-0.25, -0.2) is 24.2 Å². The van der Waals surface area contributed by atoms with E-state index in [1.807, 2.05) is 48.5 Å². The van der Waals surface area contributed by atoms with E-state index in [-0.39, 0.29) is 158 Å². The van der Waals surface area contributed by atoms with Crippen molar-refractivity contribution >= 4 is 100 Å². The summed E-state index contributed by atoms with van der Waals surface area (Å²) in [6, 6.07) is 42.2. The largest absolute Gasteiger partial charge is 0.456 e. The van der Waals surface area contributed by atoms with Gasteiger partial charge in [-0.2, -0.15) is 0 Å². The first-order valence-electron chi connectivity index (χ1n) is 39.8. The van der Waals surface area contributed by atoms with Crippen LogP contribution in [0.3, 0.4) is 0 Å². The van der Waals surface area contributed by atoms with Crippen LogP contribution in [0.5, 0.6) is 46.0 Å². The number of nitrogens with zero attached hydrogens (tertiary/aromatic N) is 2. The lowest BCUT2D eigenvalue weighted by atomic mass is 9.77. The second-order valence-corrected chi connectivity index (χ2v) is 31.3. The monoisotopic (exact) mass is 1730 g/mol. The molecule has 7 atom stereocenters. The number of alkyl carbamates (subject to hydrolysis) is 1. The van der Waals surface area contributed by atoms with Gasteiger partial charge >= 0.3 is 41.9 Å². The summed E-state index contributed by atoms with van der Waals surface area (Å²) in [5.74, 6) is -5.92. The van der Waals surface area contributed by atoms with Gasteiger partial charge in [0, 0.05) is 148 Å². The van der Waals surface area contributed by atoms with Crippen LogP contribution in [0.25, 0.3) is 11.1 Å². The number of imide groups is 2. The SMILES string of the molecule is CC(=O)Oc1ccc2c(c1)Oc1cc(OC(C)=O)ccc1C21OC(=O)c2cc(N3C(=O)C=CC3=O)ccc21.CO[C@@H]1OC(COCC(=O)NCCOCCOCCCC(=O)C(CSC2CC(=O)N(c3ccc4c(c3)C(=O)OC43c4ccc(OC(C)=O)cc4Oc4cc(OC(C)=O)ccc43)C2=O)NC(=O)OCC2c3ccccc3-c3ccccc32)[C@@H](C)[C@H](O)C1O. The second kappa shape index (κ2) is 36.6. The molecule has 0 bridgehead atoms. The Morgan fingerprint density at radius 2 is 1.00 bits per heavy atom. The average molecular weight is 1730 g/mol. The maximum Gasteiger partial charge on any atom is 0.407 e. The lowest BCUT2D eigenvalue weighted by molar-refractivity contribution is -0.282. The van der Waals surface area contributed by atoms with E-state index < -0.39 is 124 Å². The van der Waals surface area contributed by atoms with Crippen LogP contribution in [-0.2, 0) is 97.0 Å². The van der Waals surface area contributed by atoms with Crippen molar-refractivity contribution in [2.75, 3.05) is 75.5 Å². The van der Waals surface area contributed by atoms with Crippen molar-refractivity contribution in [3.8, 4) is 57.1 Å². The minimum absolute atomic E-state index is 0.000872. The van der Waals surface area contributed by atoms with Crippen LogP contribution < -0.4 is 48.9 Å². The molecule has 2 spiro atoms. The number of ketones is 1. The van der Waals surface area contributed by atoms with Crippen LogP contribution >= 0.6 is 11.8 Å². The molecular weight excluding hydrogens is 1650 g/mol. The first-order chi connectivity index (χ1) is 60.1. The number of anilines is 2. The summed E-state index contributed by atoms with van der Waals surface area (Å²) in [6.07, 6.45) is -2.45. The second-order valence-electron chi connectivity index (χ2n) is 30.1. The van der Waals surface area contributed by atoms with Gasteiger partial charge in [-0.3, -0.25) is 47.9 Å². The number of aliphatic hydroxyl groups excluding tert-OH is 2. The molecule has 2 fully saturated rings. The number of Topliss-reactive ketones (excluding diaryl/α,β-unsaturated/α-hetero) is 1. The Morgan fingerprint density at radius 1 is 0.536 bits per heavy atom. The van der Waals surface area contributed by atoms with Gasteiger partial charge in [-0.05, 0) is 101 Å². The summed E-state index contributed by atoms with van der Waals surface area (Å²) < 4.78 is 79.1. The van der Waals surface area contributed by atoms with Crippen LogP contribution in [0.4, 0.5) is 16.2 Å². The molecule has 34 heteroatoms. The number of hydrogen-bond acceptors (Lipinski definition) is 30. The van der Waals surface area contributed by atoms with Crippen LogP contribution in [0.1, 0.15) is 125 Å². The number of benzene rings is 8. The third kappa shape index (κ3) is 17.6. The smallest absolute Gasteiger partial charge is 0.407 e. The summed E-state index contributed by atoms with van der Waals surface area (Å²) in [5, 5.41) is 24.8. The van der Waals surface area contributed by atoms with Crippen molar-refractivity contribution in [1.29, 1.82) is 0 Å². The normalized spacial score (nSPS) is 19.3. The zero-order valence-electron chi connectivity index (χ0n) is 68.0. The number of amides is 6. The highest BCUT2D eigenvalue weighted by atomic mass is 32.2. The summed E-state index contributed by atoms with van der Waals surface area (Å²) in [5.41, 5.74) is 3.91. The molecular formula is C91H82N4O29S. The van der Waals surface area contributed by atoms with Crippen LogP contribution in [0.2, 0.25) is 0 Å². The van der Waals surface area contributed by atoms with Gasteiger partial charge in [-0.15, -0.1) is 11.8 Å². The average Bonchev–Trinajstić information content (AvgIpc) is 1.58. The highest BCUT2D eigenvalue weighted by Crippen LogP contribution is 2.60. The van der Waals surface area contributed by atoms with Crippen LogP contribution in [-0.4, -0.2) is 189 Å². The number of carbonyl (C=O) groups is 13. The summed E-state index contributed by atoms with van der Waals surface area (Å²) >= 11 is 1.03. The zero-order chi connectivity index (χ0) is 88.3. The maximum absolute atomic E-state index is 14.3. The number of nitrogens with one attached hydrogen (secondary N) is 2. The number of hydrogen-bond donors (Lipinski definition) is 4. The van der Waals surface area contributed by atoms with E-state index in [0.29, 0.717) is 33.4 Å². The quantitative estimate of drug-likeness (QED) is 0.0117. The maximum atomic E-state index is 14.3. The highest BCUT2D eigenvalue weighted by molar-refractivity contribution is 8.00. The fourth-order valence-electron chi connectivity index (χ4n) is 16.3. The fourth-order valence-corrected chi connectivity index (χ4v) is 17.5. The van der Waals surface area contributed by atoms with Crippen molar-refractivity contribution in [3.63, 3.8) is 0 Å². The van der Waals surface area contributed by atoms with Gasteiger partial charge in [0.2, 0.25) is 17.7 Å². The predicted molar refractivity (Wildman–Crippen MR) is 438 cm³/mol. The predicted octanol–water partition coefficient (Wildman–Crippen LogP) is 9.16. The van der Waals surface area contributed by atoms with E-state index in [1.54, 1.807) is 61.5 Å². The molecule has 4 unspecified atom stereocenters. The molecule has 1 aliphatic carbocycles. The number of aliphatic hydroxyl groups is 2. The molecule has 646 valence electrons. The zero-order valence-corrected chi connectivity index (χ0v) is 68.8. The molecule has 16 rings (SSSR count). The van der Waals surface area contributed by atoms with Gasteiger partial charge in [0.1, 0.15) is 65.3 Å². The topological polar surface area (TPSA) is 422 Å². The number of esters is 6. The fraction of sp³-hybridized carbons (Fsp3) is 0.308. The van der Waals surface area contributed by atoms with Crippen molar-refractivity contribution in [1.82, 2.24) is 10.6 Å². The summed E-state index contributed by atoms with van der Waals surface area (Å²) in [6.45, 7) is 7.34. The number of methoxy groups -OCH3 is 1. The van der Waals surface area contributed by atoms with Gasteiger partial charge in [0.05, 0.1) is 72.4 Å². The van der Waals surface area contributed by atoms with Gasteiger partial charge in [0.15, 0.2) is 23.3 Å². The van der Waals surface area contributed by atoms with Gasteiger partial charge in [-0.1, -0.05) is 67.6 Å². The number of ether oxygens (including phenoxy) is 14. The van der Waals surface area contributed by atoms with Crippen LogP contribution in [0.15, 0.2) is 170 Å². The molecule has 8 aliphatic rings. The van der Waals surface area contributed by atoms with Crippen molar-refractivity contribution in [2.45, 2.75) is 107 Å². The van der Waals surface area contributed by atoms with Crippen molar-refractivity contribution < 1.29 is 139 Å². The van der Waals surface area contributed by atoms with Gasteiger partial charge in [0.25, 0.3) is 11.8 Å². The van der Waals surface area contributed by atoms with Crippen molar-refractivity contribution in [2.24, 2.45) is 5.92 Å². The van der Waals surface area contributed by atoms with E-state index in [9.17, 15) is 72.5 Å². The Hall–Kier alpha value is -13.3. The Labute approximate surface area is 717 Å². The van der Waals surface area contributed by atoms with E-state index in [0.717, 1.165) is 56.0 Å². The lowest BCUT2D eigenvalue weighted by Crippen LogP contribution is -2.55. The number of thioether (sulfide) groups is 1. The van der Waals surface area contributed by atoms with E-state index in [1.165, 1.54) is 89.4 Å². The van der Waals surface area contributed by atoms with Gasteiger partial charge < -0.3 is 87.2 Å². The lowest BCUT2D eigenvalue weighted by Gasteiger charge is -2.40. The highest BCUT2D eigenvalue weighted by Gasteiger charge is 2.57. The van der Waals surface area contributed by atoms with E-state index in [4.69, 9.17) is 66.3 Å². The molecule has 7 heterocycles. The number of rotatable bonds is 28. The molecule has 0 radical (unpaired) electrons. The molecule has 125 heavy (non-hydrogen) atoms. The molecule has 8 aromatic carbocycles. The molecule has 33 nitrogen and oxygen atoms in total. The Kier molecular flexibility index (Phi) is 25.4. The summed E-state index contributed by atoms with van der Waals surface area (Å²) in [7, 11) is 1.35. The Bertz CT molecular complexity index is 5570. The van der Waals surface area contributed by atoms with Crippen molar-refractivity contribution in [3.05, 3.63) is 226 Å². The third-order valence-corrected chi connectivity index (χ3v) is 23.2. The minimum Gasteiger partial charge on any atom is -0.456 e. The molecule has 4 N–H and O–H groups in total. The molecule has 0 aromatic heterocycles. The first kappa shape index (κ1) is 86.6. The number of fused-ring (bicyclic) bond motifs is 15. The molecule has 2 saturated heterocycles. The third-order valence-electron chi connectivity index (χ3n) is 21.9. The Balaban J connectivity index is 0.000000262. The van der Waals surface area contributed by atoms with Crippen LogP contribution in [0, 0.1) is 5.92 Å².